The fourth-order valence-corrected chi connectivity index (χ4v) is 3.78. The summed E-state index contributed by atoms with van der Waals surface area (Å²) in [5.41, 5.74) is 4.33. The van der Waals surface area contributed by atoms with E-state index in [4.69, 9.17) is 9.84 Å². The molecule has 1 aromatic carbocycles. The van der Waals surface area contributed by atoms with Crippen LogP contribution in [0.25, 0.3) is 11.3 Å². The Kier molecular flexibility index (Phi) is 5.03. The SMILES string of the molecule is CCN=c1scc(-c2ccc3c(c2)NC(=O)CO3)n1N=C(C)c1ccncc1. The summed E-state index contributed by atoms with van der Waals surface area (Å²) in [5.74, 6) is 0.510. The topological polar surface area (TPSA) is 80.9 Å². The fraction of sp³-hybridized carbons (Fsp3) is 0.200. The Bertz CT molecular complexity index is 1120. The van der Waals surface area contributed by atoms with Gasteiger partial charge in [-0.2, -0.15) is 5.10 Å². The van der Waals surface area contributed by atoms with E-state index in [-0.39, 0.29) is 12.5 Å². The molecule has 1 aliphatic heterocycles. The lowest BCUT2D eigenvalue weighted by atomic mass is 10.1. The highest BCUT2D eigenvalue weighted by molar-refractivity contribution is 7.07. The molecule has 0 radical (unpaired) electrons. The van der Waals surface area contributed by atoms with Gasteiger partial charge in [-0.15, -0.1) is 11.3 Å². The number of nitrogens with one attached hydrogen (secondary N) is 1. The molecule has 0 saturated heterocycles. The number of ether oxygens (including phenoxy) is 1. The number of amides is 1. The van der Waals surface area contributed by atoms with Crippen LogP contribution < -0.4 is 14.9 Å². The highest BCUT2D eigenvalue weighted by Gasteiger charge is 2.18. The van der Waals surface area contributed by atoms with Crippen LogP contribution in [0.2, 0.25) is 0 Å². The summed E-state index contributed by atoms with van der Waals surface area (Å²) in [7, 11) is 0. The van der Waals surface area contributed by atoms with Crippen molar-refractivity contribution in [2.75, 3.05) is 18.5 Å². The summed E-state index contributed by atoms with van der Waals surface area (Å²) in [4.78, 5) is 21.1. The Morgan fingerprint density at radius 3 is 2.93 bits per heavy atom. The van der Waals surface area contributed by atoms with Gasteiger partial charge in [0.2, 0.25) is 4.80 Å². The second-order valence-electron chi connectivity index (χ2n) is 6.16. The minimum Gasteiger partial charge on any atom is -0.482 e. The Morgan fingerprint density at radius 1 is 1.32 bits per heavy atom. The molecule has 2 aromatic heterocycles. The van der Waals surface area contributed by atoms with Crippen molar-refractivity contribution in [3.05, 3.63) is 58.5 Å². The van der Waals surface area contributed by atoms with Crippen LogP contribution in [-0.2, 0) is 4.79 Å². The third-order valence-corrected chi connectivity index (χ3v) is 5.09. The first-order valence-electron chi connectivity index (χ1n) is 8.90. The number of hydrogen-bond donors (Lipinski definition) is 1. The van der Waals surface area contributed by atoms with Gasteiger partial charge in [-0.05, 0) is 44.2 Å². The molecule has 1 amide bonds. The molecule has 0 spiro atoms. The number of hydrogen-bond acceptors (Lipinski definition) is 6. The second-order valence-corrected chi connectivity index (χ2v) is 7.00. The number of carbonyl (C=O) groups is 1. The van der Waals surface area contributed by atoms with Gasteiger partial charge in [-0.3, -0.25) is 14.8 Å². The molecular weight excluding hydrogens is 374 g/mol. The zero-order valence-corrected chi connectivity index (χ0v) is 16.4. The number of anilines is 1. The van der Waals surface area contributed by atoms with Gasteiger partial charge in [-0.25, -0.2) is 4.68 Å². The first kappa shape index (κ1) is 18.1. The molecular formula is C20H19N5O2S. The lowest BCUT2D eigenvalue weighted by Gasteiger charge is -2.18. The number of pyridine rings is 1. The van der Waals surface area contributed by atoms with Gasteiger partial charge < -0.3 is 10.1 Å². The fourth-order valence-electron chi connectivity index (χ4n) is 2.88. The van der Waals surface area contributed by atoms with Gasteiger partial charge in [0.15, 0.2) is 6.61 Å². The molecule has 1 N–H and O–H groups in total. The van der Waals surface area contributed by atoms with Crippen molar-refractivity contribution in [1.82, 2.24) is 9.66 Å². The molecule has 0 aliphatic carbocycles. The summed E-state index contributed by atoms with van der Waals surface area (Å²) in [6.07, 6.45) is 3.49. The number of benzene rings is 1. The van der Waals surface area contributed by atoms with E-state index in [1.807, 2.05) is 54.2 Å². The van der Waals surface area contributed by atoms with Crippen molar-refractivity contribution in [1.29, 1.82) is 0 Å². The molecule has 0 unspecified atom stereocenters. The molecule has 3 heterocycles. The Balaban J connectivity index is 1.82. The molecule has 0 saturated carbocycles. The maximum absolute atomic E-state index is 11.7. The standard InChI is InChI=1S/C20H19N5O2S/c1-3-22-20-25(24-13(2)14-6-8-21-9-7-14)17(12-28-20)15-4-5-18-16(10-15)23-19(26)11-27-18/h4-10,12H,3,11H2,1-2H3,(H,23,26). The second kappa shape index (κ2) is 7.77. The average molecular weight is 393 g/mol. The van der Waals surface area contributed by atoms with Crippen molar-refractivity contribution < 1.29 is 9.53 Å². The number of thiazole rings is 1. The van der Waals surface area contributed by atoms with Gasteiger partial charge in [-0.1, -0.05) is 0 Å². The van der Waals surface area contributed by atoms with E-state index in [0.29, 0.717) is 18.0 Å². The number of carbonyl (C=O) groups excluding carboxylic acids is 1. The van der Waals surface area contributed by atoms with Gasteiger partial charge in [0.05, 0.1) is 17.1 Å². The number of aromatic nitrogens is 2. The van der Waals surface area contributed by atoms with Crippen LogP contribution in [0.1, 0.15) is 19.4 Å². The predicted octanol–water partition coefficient (Wildman–Crippen LogP) is 3.14. The van der Waals surface area contributed by atoms with Gasteiger partial charge in [0.25, 0.3) is 5.91 Å². The third-order valence-electron chi connectivity index (χ3n) is 4.23. The minimum absolute atomic E-state index is 0.0414. The summed E-state index contributed by atoms with van der Waals surface area (Å²) in [6.45, 7) is 4.66. The molecule has 142 valence electrons. The van der Waals surface area contributed by atoms with Crippen LogP contribution in [0.5, 0.6) is 5.75 Å². The van der Waals surface area contributed by atoms with E-state index in [9.17, 15) is 4.79 Å². The van der Waals surface area contributed by atoms with E-state index in [1.165, 1.54) is 11.3 Å². The van der Waals surface area contributed by atoms with E-state index >= 15 is 0 Å². The van der Waals surface area contributed by atoms with Gasteiger partial charge in [0.1, 0.15) is 5.75 Å². The minimum atomic E-state index is -0.156. The maximum Gasteiger partial charge on any atom is 0.262 e. The van der Waals surface area contributed by atoms with Crippen LogP contribution in [0.4, 0.5) is 5.69 Å². The summed E-state index contributed by atoms with van der Waals surface area (Å²) in [6, 6.07) is 9.57. The largest absolute Gasteiger partial charge is 0.482 e. The Morgan fingerprint density at radius 2 is 2.14 bits per heavy atom. The predicted molar refractivity (Wildman–Crippen MR) is 110 cm³/mol. The summed E-state index contributed by atoms with van der Waals surface area (Å²) < 4.78 is 7.30. The van der Waals surface area contributed by atoms with E-state index in [1.54, 1.807) is 12.4 Å². The normalized spacial score (nSPS) is 14.4. The monoisotopic (exact) mass is 393 g/mol. The van der Waals surface area contributed by atoms with Crippen molar-refractivity contribution in [3.63, 3.8) is 0 Å². The van der Waals surface area contributed by atoms with Crippen molar-refractivity contribution in [2.45, 2.75) is 13.8 Å². The molecule has 7 nitrogen and oxygen atoms in total. The van der Waals surface area contributed by atoms with E-state index < -0.39 is 0 Å². The zero-order chi connectivity index (χ0) is 19.5. The number of fused-ring (bicyclic) bond motifs is 1. The lowest BCUT2D eigenvalue weighted by molar-refractivity contribution is -0.118. The average Bonchev–Trinajstić information content (AvgIpc) is 3.10. The molecule has 3 aromatic rings. The summed E-state index contributed by atoms with van der Waals surface area (Å²) >= 11 is 1.53. The van der Waals surface area contributed by atoms with Crippen molar-refractivity contribution in [2.24, 2.45) is 10.1 Å². The molecule has 0 atom stereocenters. The smallest absolute Gasteiger partial charge is 0.262 e. The highest BCUT2D eigenvalue weighted by atomic mass is 32.1. The van der Waals surface area contributed by atoms with Crippen LogP contribution in [0.15, 0.2) is 58.2 Å². The molecule has 1 aliphatic rings. The molecule has 0 bridgehead atoms. The van der Waals surface area contributed by atoms with E-state index in [2.05, 4.69) is 15.3 Å². The molecule has 0 fully saturated rings. The Labute approximate surface area is 166 Å². The van der Waals surface area contributed by atoms with Crippen LogP contribution >= 0.6 is 11.3 Å². The zero-order valence-electron chi connectivity index (χ0n) is 15.5. The first-order chi connectivity index (χ1) is 13.7. The quantitative estimate of drug-likeness (QED) is 0.692. The summed E-state index contributed by atoms with van der Waals surface area (Å²) in [5, 5.41) is 9.69. The first-order valence-corrected chi connectivity index (χ1v) is 9.77. The third kappa shape index (κ3) is 3.59. The van der Waals surface area contributed by atoms with E-state index in [0.717, 1.165) is 27.3 Å². The molecule has 8 heteroatoms. The van der Waals surface area contributed by atoms with Gasteiger partial charge >= 0.3 is 0 Å². The van der Waals surface area contributed by atoms with Crippen molar-refractivity contribution >= 4 is 28.6 Å². The van der Waals surface area contributed by atoms with Crippen LogP contribution in [0, 0.1) is 0 Å². The van der Waals surface area contributed by atoms with Crippen LogP contribution in [-0.4, -0.2) is 34.4 Å². The molecule has 28 heavy (non-hydrogen) atoms. The highest BCUT2D eigenvalue weighted by Crippen LogP contribution is 2.32. The number of nitrogens with zero attached hydrogens (tertiary/aromatic N) is 4. The maximum atomic E-state index is 11.7. The van der Waals surface area contributed by atoms with Crippen molar-refractivity contribution in [3.8, 4) is 17.0 Å². The van der Waals surface area contributed by atoms with Gasteiger partial charge in [0, 0.05) is 35.4 Å². The lowest BCUT2D eigenvalue weighted by Crippen LogP contribution is -2.25. The number of rotatable bonds is 4. The van der Waals surface area contributed by atoms with Crippen LogP contribution in [0.3, 0.4) is 0 Å². The Hall–Kier alpha value is -3.26. The molecule has 4 rings (SSSR count).